The number of hydrogen-bond acceptors (Lipinski definition) is 1. The smallest absolute Gasteiger partial charge is 0.365 e. The molecule has 1 nitrogen and oxygen atoms in total. The zero-order valence-corrected chi connectivity index (χ0v) is 17.2. The summed E-state index contributed by atoms with van der Waals surface area (Å²) in [7, 11) is 0. The monoisotopic (exact) mass is 434 g/mol. The van der Waals surface area contributed by atoms with Gasteiger partial charge in [0.25, 0.3) is 0 Å². The predicted molar refractivity (Wildman–Crippen MR) is 110 cm³/mol. The van der Waals surface area contributed by atoms with Crippen LogP contribution >= 0.6 is 0 Å². The molecular formula is C25H23F5O. The van der Waals surface area contributed by atoms with Crippen molar-refractivity contribution in [2.75, 3.05) is 6.61 Å². The number of halogens is 5. The molecule has 0 amide bonds. The quantitative estimate of drug-likeness (QED) is 0.294. The maximum Gasteiger partial charge on any atom is 0.458 e. The van der Waals surface area contributed by atoms with E-state index in [2.05, 4.69) is 18.8 Å². The zero-order valence-electron chi connectivity index (χ0n) is 17.2. The lowest BCUT2D eigenvalue weighted by molar-refractivity contribution is -0.0696. The van der Waals surface area contributed by atoms with Gasteiger partial charge in [-0.1, -0.05) is 50.0 Å². The van der Waals surface area contributed by atoms with Gasteiger partial charge in [0.05, 0.1) is 12.2 Å². The molecule has 2 atom stereocenters. The van der Waals surface area contributed by atoms with E-state index in [0.717, 1.165) is 24.8 Å². The van der Waals surface area contributed by atoms with E-state index in [1.54, 1.807) is 12.0 Å². The fourth-order valence-corrected chi connectivity index (χ4v) is 3.65. The zero-order chi connectivity index (χ0) is 22.4. The summed E-state index contributed by atoms with van der Waals surface area (Å²) >= 11 is 0. The van der Waals surface area contributed by atoms with Gasteiger partial charge in [0.2, 0.25) is 0 Å². The molecule has 2 aromatic rings. The minimum Gasteiger partial charge on any atom is -0.365 e. The van der Waals surface area contributed by atoms with Gasteiger partial charge in [-0.2, -0.15) is 13.2 Å². The summed E-state index contributed by atoms with van der Waals surface area (Å²) in [5, 5.41) is 0.196. The van der Waals surface area contributed by atoms with E-state index in [4.69, 9.17) is 4.74 Å². The van der Waals surface area contributed by atoms with Crippen molar-refractivity contribution in [2.45, 2.75) is 57.7 Å². The maximum absolute atomic E-state index is 14.5. The van der Waals surface area contributed by atoms with Crippen molar-refractivity contribution in [3.8, 4) is 23.7 Å². The molecule has 1 aliphatic heterocycles. The highest BCUT2D eigenvalue weighted by molar-refractivity contribution is 5.86. The number of unbranched alkanes of at least 4 members (excludes halogenated alkanes) is 2. The number of benzene rings is 2. The Morgan fingerprint density at radius 2 is 1.87 bits per heavy atom. The second-order valence-corrected chi connectivity index (χ2v) is 7.76. The van der Waals surface area contributed by atoms with Gasteiger partial charge >= 0.3 is 6.18 Å². The van der Waals surface area contributed by atoms with Gasteiger partial charge in [0.15, 0.2) is 0 Å². The van der Waals surface area contributed by atoms with E-state index in [0.29, 0.717) is 18.1 Å². The first-order chi connectivity index (χ1) is 14.8. The molecule has 0 saturated carbocycles. The molecule has 0 N–H and O–H groups in total. The first-order valence-electron chi connectivity index (χ1n) is 10.4. The van der Waals surface area contributed by atoms with E-state index in [9.17, 15) is 22.0 Å². The molecule has 1 heterocycles. The molecule has 2 aromatic carbocycles. The molecule has 164 valence electrons. The molecule has 0 aliphatic carbocycles. The van der Waals surface area contributed by atoms with E-state index in [1.165, 1.54) is 37.8 Å². The summed E-state index contributed by atoms with van der Waals surface area (Å²) in [6, 6.07) is 5.40. The third-order valence-electron chi connectivity index (χ3n) is 5.32. The molecule has 31 heavy (non-hydrogen) atoms. The third-order valence-corrected chi connectivity index (χ3v) is 5.32. The highest BCUT2D eigenvalue weighted by Gasteiger charge is 2.24. The lowest BCUT2D eigenvalue weighted by Crippen LogP contribution is -2.24. The van der Waals surface area contributed by atoms with Crippen molar-refractivity contribution in [2.24, 2.45) is 5.92 Å². The molecule has 1 aliphatic rings. The molecular weight excluding hydrogens is 411 g/mol. The Labute approximate surface area is 179 Å². The Kier molecular flexibility index (Phi) is 7.57. The highest BCUT2D eigenvalue weighted by Crippen LogP contribution is 2.26. The summed E-state index contributed by atoms with van der Waals surface area (Å²) in [5.74, 6) is 6.80. The van der Waals surface area contributed by atoms with Crippen LogP contribution in [-0.2, 0) is 4.74 Å². The summed E-state index contributed by atoms with van der Waals surface area (Å²) in [6.07, 6.45) is 1.74. The lowest BCUT2D eigenvalue weighted by Gasteiger charge is -2.26. The van der Waals surface area contributed by atoms with Gasteiger partial charge in [-0.25, -0.2) is 8.78 Å². The minimum atomic E-state index is -4.83. The van der Waals surface area contributed by atoms with Crippen LogP contribution in [0.5, 0.6) is 0 Å². The van der Waals surface area contributed by atoms with Gasteiger partial charge in [-0.05, 0) is 48.8 Å². The average Bonchev–Trinajstić information content (AvgIpc) is 2.72. The molecule has 0 aromatic heterocycles. The number of ether oxygens (including phenoxy) is 1. The van der Waals surface area contributed by atoms with Gasteiger partial charge in [0, 0.05) is 16.9 Å². The second-order valence-electron chi connectivity index (χ2n) is 7.76. The van der Waals surface area contributed by atoms with Crippen LogP contribution in [0.2, 0.25) is 0 Å². The van der Waals surface area contributed by atoms with Gasteiger partial charge in [0.1, 0.15) is 17.7 Å². The van der Waals surface area contributed by atoms with E-state index >= 15 is 0 Å². The molecule has 2 unspecified atom stereocenters. The van der Waals surface area contributed by atoms with E-state index in [1.807, 2.05) is 0 Å². The SMILES string of the molecule is CCCCCC1CCC(C#Cc2ccc3c(F)c(C#CC(F)(F)F)c(F)cc3c2)OC1. The number of hydrogen-bond donors (Lipinski definition) is 0. The standard InChI is InChI=1S/C25H23F5O/c1-2-3-4-5-18-7-10-20(31-16-18)9-6-17-8-11-21-19(14-17)15-23(26)22(24(21)27)12-13-25(28,29)30/h8,11,14-15,18,20H,2-5,7,10,16H2,1H3. The largest absolute Gasteiger partial charge is 0.458 e. The van der Waals surface area contributed by atoms with Crippen LogP contribution in [0.15, 0.2) is 24.3 Å². The first kappa shape index (κ1) is 23.1. The van der Waals surface area contributed by atoms with Crippen molar-refractivity contribution in [1.29, 1.82) is 0 Å². The fraction of sp³-hybridized carbons (Fsp3) is 0.440. The van der Waals surface area contributed by atoms with Crippen LogP contribution in [0.3, 0.4) is 0 Å². The van der Waals surface area contributed by atoms with Crippen molar-refractivity contribution in [3.05, 3.63) is 47.0 Å². The Morgan fingerprint density at radius 3 is 2.55 bits per heavy atom. The molecule has 1 fully saturated rings. The van der Waals surface area contributed by atoms with Crippen LogP contribution in [-0.4, -0.2) is 18.9 Å². The van der Waals surface area contributed by atoms with Crippen LogP contribution < -0.4 is 0 Å². The average molecular weight is 434 g/mol. The second kappa shape index (κ2) is 10.2. The van der Waals surface area contributed by atoms with Crippen LogP contribution in [0.25, 0.3) is 10.8 Å². The predicted octanol–water partition coefficient (Wildman–Crippen LogP) is 6.76. The summed E-state index contributed by atoms with van der Waals surface area (Å²) in [4.78, 5) is 0. The Balaban J connectivity index is 1.72. The van der Waals surface area contributed by atoms with Gasteiger partial charge < -0.3 is 4.74 Å². The van der Waals surface area contributed by atoms with Gasteiger partial charge in [-0.15, -0.1) is 0 Å². The summed E-state index contributed by atoms with van der Waals surface area (Å²) in [5.41, 5.74) is -0.346. The van der Waals surface area contributed by atoms with E-state index < -0.39 is 23.4 Å². The molecule has 6 heteroatoms. The van der Waals surface area contributed by atoms with Crippen molar-refractivity contribution in [3.63, 3.8) is 0 Å². The Hall–Kier alpha value is -2.57. The van der Waals surface area contributed by atoms with Gasteiger partial charge in [-0.3, -0.25) is 0 Å². The minimum absolute atomic E-state index is 0.0118. The van der Waals surface area contributed by atoms with Crippen LogP contribution in [0.4, 0.5) is 22.0 Å². The topological polar surface area (TPSA) is 9.23 Å². The van der Waals surface area contributed by atoms with Crippen molar-refractivity contribution in [1.82, 2.24) is 0 Å². The van der Waals surface area contributed by atoms with Crippen LogP contribution in [0, 0.1) is 41.2 Å². The third kappa shape index (κ3) is 6.45. The molecule has 0 bridgehead atoms. The summed E-state index contributed by atoms with van der Waals surface area (Å²) < 4.78 is 71.3. The number of fused-ring (bicyclic) bond motifs is 1. The van der Waals surface area contributed by atoms with E-state index in [-0.39, 0.29) is 16.9 Å². The fourth-order valence-electron chi connectivity index (χ4n) is 3.65. The molecule has 0 radical (unpaired) electrons. The molecule has 3 rings (SSSR count). The molecule has 0 spiro atoms. The summed E-state index contributed by atoms with van der Waals surface area (Å²) in [6.45, 7) is 2.87. The van der Waals surface area contributed by atoms with Crippen molar-refractivity contribution >= 4 is 10.8 Å². The Bertz CT molecular complexity index is 1040. The first-order valence-corrected chi connectivity index (χ1v) is 10.4. The normalized spacial score (nSPS) is 18.8. The van der Waals surface area contributed by atoms with Crippen LogP contribution in [0.1, 0.15) is 56.6 Å². The van der Waals surface area contributed by atoms with Crippen molar-refractivity contribution < 1.29 is 26.7 Å². The number of rotatable bonds is 4. The number of alkyl halides is 3. The lowest BCUT2D eigenvalue weighted by atomic mass is 9.93. The Morgan fingerprint density at radius 1 is 1.06 bits per heavy atom. The maximum atomic E-state index is 14.5. The molecule has 1 saturated heterocycles. The highest BCUT2D eigenvalue weighted by atomic mass is 19.4.